The van der Waals surface area contributed by atoms with Crippen LogP contribution in [0.3, 0.4) is 0 Å². The molecule has 0 fully saturated rings. The number of nitrogens with zero attached hydrogens (tertiary/aromatic N) is 3. The number of imide groups is 1. The molecule has 2 heterocycles. The molecule has 0 radical (unpaired) electrons. The lowest BCUT2D eigenvalue weighted by Crippen LogP contribution is -2.46. The Morgan fingerprint density at radius 3 is 2.11 bits per heavy atom. The van der Waals surface area contributed by atoms with Gasteiger partial charge in [0.05, 0.1) is 28.3 Å². The maximum atomic E-state index is 13.0. The number of fused-ring (bicyclic) bond motifs is 1. The molecule has 0 aliphatic carbocycles. The van der Waals surface area contributed by atoms with Crippen molar-refractivity contribution in [2.45, 2.75) is 32.9 Å². The van der Waals surface area contributed by atoms with E-state index in [-0.39, 0.29) is 29.9 Å². The summed E-state index contributed by atoms with van der Waals surface area (Å²) in [6.45, 7) is 3.76. The predicted molar refractivity (Wildman–Crippen MR) is 128 cm³/mol. The van der Waals surface area contributed by atoms with Gasteiger partial charge >= 0.3 is 5.97 Å². The van der Waals surface area contributed by atoms with E-state index in [2.05, 4.69) is 5.10 Å². The molecule has 4 rings (SSSR count). The number of esters is 1. The first kappa shape index (κ1) is 24.3. The molecule has 0 spiro atoms. The van der Waals surface area contributed by atoms with Crippen molar-refractivity contribution in [3.63, 3.8) is 0 Å². The van der Waals surface area contributed by atoms with Crippen LogP contribution in [0.4, 0.5) is 0 Å². The molecule has 35 heavy (non-hydrogen) atoms. The molecule has 2 aromatic carbocycles. The monoisotopic (exact) mass is 495 g/mol. The van der Waals surface area contributed by atoms with E-state index in [4.69, 9.17) is 4.74 Å². The van der Waals surface area contributed by atoms with Crippen molar-refractivity contribution in [2.24, 2.45) is 0 Å². The number of aryl methyl sites for hydroxylation is 2. The molecule has 0 saturated carbocycles. The van der Waals surface area contributed by atoms with Gasteiger partial charge in [0.25, 0.3) is 11.8 Å². The lowest BCUT2D eigenvalue weighted by Gasteiger charge is -2.24. The van der Waals surface area contributed by atoms with Crippen molar-refractivity contribution in [1.29, 1.82) is 0 Å². The fraction of sp³-hybridized carbons (Fsp3) is 0.280. The minimum absolute atomic E-state index is 0.102. The molecule has 0 bridgehead atoms. The van der Waals surface area contributed by atoms with Crippen molar-refractivity contribution >= 4 is 27.6 Å². The minimum Gasteiger partial charge on any atom is -0.459 e. The van der Waals surface area contributed by atoms with Crippen LogP contribution in [0.15, 0.2) is 54.6 Å². The molecule has 0 N–H and O–H groups in total. The van der Waals surface area contributed by atoms with E-state index in [0.29, 0.717) is 5.56 Å². The molecule has 0 saturated heterocycles. The highest BCUT2D eigenvalue weighted by atomic mass is 32.2. The summed E-state index contributed by atoms with van der Waals surface area (Å²) in [7, 11) is -3.45. The van der Waals surface area contributed by atoms with Crippen LogP contribution in [-0.2, 0) is 26.0 Å². The molecule has 3 aromatic rings. The van der Waals surface area contributed by atoms with Crippen LogP contribution in [0.25, 0.3) is 5.69 Å². The third-order valence-electron chi connectivity index (χ3n) is 5.74. The number of aromatic nitrogens is 2. The fourth-order valence-electron chi connectivity index (χ4n) is 4.04. The first-order chi connectivity index (χ1) is 16.5. The van der Waals surface area contributed by atoms with E-state index in [1.165, 1.54) is 12.1 Å². The summed E-state index contributed by atoms with van der Waals surface area (Å²) < 4.78 is 30.8. The second-order valence-corrected chi connectivity index (χ2v) is 10.8. The van der Waals surface area contributed by atoms with Gasteiger partial charge in [0, 0.05) is 11.9 Å². The number of carbonyl (C=O) groups is 3. The van der Waals surface area contributed by atoms with Gasteiger partial charge in [-0.2, -0.15) is 5.10 Å². The van der Waals surface area contributed by atoms with Crippen molar-refractivity contribution in [3.8, 4) is 5.69 Å². The first-order valence-corrected chi connectivity index (χ1v) is 13.0. The Morgan fingerprint density at radius 2 is 1.60 bits per heavy atom. The van der Waals surface area contributed by atoms with E-state index in [1.807, 2.05) is 32.0 Å². The molecule has 1 aliphatic rings. The highest BCUT2D eigenvalue weighted by Gasteiger charge is 2.43. The first-order valence-electron chi connectivity index (χ1n) is 11.0. The van der Waals surface area contributed by atoms with E-state index >= 15 is 0 Å². The summed E-state index contributed by atoms with van der Waals surface area (Å²) in [5, 5.41) is 4.44. The van der Waals surface area contributed by atoms with E-state index in [1.54, 1.807) is 28.9 Å². The van der Waals surface area contributed by atoms with Crippen LogP contribution < -0.4 is 0 Å². The van der Waals surface area contributed by atoms with Crippen molar-refractivity contribution in [1.82, 2.24) is 14.7 Å². The SMILES string of the molecule is Cc1cc(C)n(-c2ccc(COC(=O)C(CCS(C)(=O)=O)N3C(=O)c4ccccc4C3=O)cc2)n1. The zero-order chi connectivity index (χ0) is 25.3. The Balaban J connectivity index is 1.50. The average Bonchev–Trinajstić information content (AvgIpc) is 3.28. The standard InChI is InChI=1S/C25H25N3O6S/c1-16-14-17(2)28(26-16)19-10-8-18(9-11-19)15-34-25(31)22(12-13-35(3,32)33)27-23(29)20-6-4-5-7-21(20)24(27)30/h4-11,14,22H,12-13,15H2,1-3H3. The number of amides is 2. The Hall–Kier alpha value is -3.79. The van der Waals surface area contributed by atoms with Crippen LogP contribution in [0, 0.1) is 13.8 Å². The van der Waals surface area contributed by atoms with Gasteiger partial charge in [-0.05, 0) is 56.2 Å². The van der Waals surface area contributed by atoms with Gasteiger partial charge in [-0.3, -0.25) is 14.5 Å². The molecule has 9 nitrogen and oxygen atoms in total. The van der Waals surface area contributed by atoms with Crippen LogP contribution in [0.2, 0.25) is 0 Å². The van der Waals surface area contributed by atoms with Crippen molar-refractivity contribution < 1.29 is 27.5 Å². The van der Waals surface area contributed by atoms with Crippen molar-refractivity contribution in [2.75, 3.05) is 12.0 Å². The normalized spacial score (nSPS) is 14.2. The third-order valence-corrected chi connectivity index (χ3v) is 6.72. The Kier molecular flexibility index (Phi) is 6.58. The minimum atomic E-state index is -3.45. The Bertz CT molecular complexity index is 1370. The molecule has 1 aromatic heterocycles. The number of hydrogen-bond donors (Lipinski definition) is 0. The molecule has 1 aliphatic heterocycles. The third kappa shape index (κ3) is 5.17. The Labute approximate surface area is 203 Å². The number of carbonyl (C=O) groups excluding carboxylic acids is 3. The quantitative estimate of drug-likeness (QED) is 0.348. The summed E-state index contributed by atoms with van der Waals surface area (Å²) in [6.07, 6.45) is 0.780. The largest absolute Gasteiger partial charge is 0.459 e. The van der Waals surface area contributed by atoms with Gasteiger partial charge in [0.2, 0.25) is 0 Å². The molecule has 1 atom stereocenters. The second-order valence-electron chi connectivity index (χ2n) is 8.57. The number of ether oxygens (including phenoxy) is 1. The second kappa shape index (κ2) is 9.46. The van der Waals surface area contributed by atoms with Gasteiger partial charge in [-0.25, -0.2) is 17.9 Å². The smallest absolute Gasteiger partial charge is 0.329 e. The van der Waals surface area contributed by atoms with E-state index in [9.17, 15) is 22.8 Å². The predicted octanol–water partition coefficient (Wildman–Crippen LogP) is 2.63. The highest BCUT2D eigenvalue weighted by molar-refractivity contribution is 7.90. The summed E-state index contributed by atoms with van der Waals surface area (Å²) in [5.74, 6) is -2.51. The van der Waals surface area contributed by atoms with Crippen LogP contribution in [0.1, 0.15) is 44.1 Å². The summed E-state index contributed by atoms with van der Waals surface area (Å²) in [4.78, 5) is 39.6. The van der Waals surface area contributed by atoms with Gasteiger partial charge < -0.3 is 4.74 Å². The van der Waals surface area contributed by atoms with Gasteiger partial charge in [-0.1, -0.05) is 24.3 Å². The molecular formula is C25H25N3O6S. The lowest BCUT2D eigenvalue weighted by molar-refractivity contribution is -0.149. The fourth-order valence-corrected chi connectivity index (χ4v) is 4.69. The molecule has 1 unspecified atom stereocenters. The van der Waals surface area contributed by atoms with Crippen molar-refractivity contribution in [3.05, 3.63) is 82.7 Å². The number of sulfone groups is 1. The number of rotatable bonds is 8. The molecule has 182 valence electrons. The summed E-state index contributed by atoms with van der Waals surface area (Å²) >= 11 is 0. The van der Waals surface area contributed by atoms with Gasteiger partial charge in [0.1, 0.15) is 22.5 Å². The number of benzene rings is 2. The van der Waals surface area contributed by atoms with Crippen LogP contribution in [-0.4, -0.2) is 58.9 Å². The van der Waals surface area contributed by atoms with Crippen LogP contribution >= 0.6 is 0 Å². The van der Waals surface area contributed by atoms with Gasteiger partial charge in [0.15, 0.2) is 0 Å². The molecule has 2 amide bonds. The van der Waals surface area contributed by atoms with E-state index in [0.717, 1.165) is 28.2 Å². The molecular weight excluding hydrogens is 470 g/mol. The van der Waals surface area contributed by atoms with E-state index < -0.39 is 33.7 Å². The zero-order valence-corrected chi connectivity index (χ0v) is 20.4. The maximum absolute atomic E-state index is 13.0. The maximum Gasteiger partial charge on any atom is 0.329 e. The highest BCUT2D eigenvalue weighted by Crippen LogP contribution is 2.26. The average molecular weight is 496 g/mol. The zero-order valence-electron chi connectivity index (χ0n) is 19.6. The van der Waals surface area contributed by atoms with Gasteiger partial charge in [-0.15, -0.1) is 0 Å². The number of hydrogen-bond acceptors (Lipinski definition) is 7. The summed E-state index contributed by atoms with van der Waals surface area (Å²) in [5.41, 5.74) is 3.77. The lowest BCUT2D eigenvalue weighted by atomic mass is 10.1. The Morgan fingerprint density at radius 1 is 1.00 bits per heavy atom. The molecule has 10 heteroatoms. The topological polar surface area (TPSA) is 116 Å². The summed E-state index contributed by atoms with van der Waals surface area (Å²) in [6, 6.07) is 14.1. The van der Waals surface area contributed by atoms with Crippen LogP contribution in [0.5, 0.6) is 0 Å².